The molecule has 0 bridgehead atoms. The highest BCUT2D eigenvalue weighted by molar-refractivity contribution is 5.02. The van der Waals surface area contributed by atoms with Gasteiger partial charge < -0.3 is 0 Å². The van der Waals surface area contributed by atoms with Crippen molar-refractivity contribution in [1.82, 2.24) is 9.88 Å². The Balaban J connectivity index is 1.95. The van der Waals surface area contributed by atoms with Crippen molar-refractivity contribution in [2.75, 3.05) is 13.1 Å². The van der Waals surface area contributed by atoms with Crippen molar-refractivity contribution >= 4 is 0 Å². The molecule has 1 saturated heterocycles. The van der Waals surface area contributed by atoms with Crippen LogP contribution in [0, 0.1) is 6.07 Å². The molecule has 1 radical (unpaired) electrons. The van der Waals surface area contributed by atoms with E-state index in [0.29, 0.717) is 0 Å². The fourth-order valence-corrected chi connectivity index (χ4v) is 1.21. The van der Waals surface area contributed by atoms with E-state index >= 15 is 0 Å². The SMILES string of the molecule is [c]1ccnc(CN2CCC2)c1. The van der Waals surface area contributed by atoms with Gasteiger partial charge in [-0.1, -0.05) is 0 Å². The zero-order valence-corrected chi connectivity index (χ0v) is 6.45. The molecule has 0 saturated carbocycles. The van der Waals surface area contributed by atoms with Gasteiger partial charge >= 0.3 is 0 Å². The monoisotopic (exact) mass is 147 g/mol. The fraction of sp³-hybridized carbons (Fsp3) is 0.444. The Morgan fingerprint density at radius 3 is 3.00 bits per heavy atom. The van der Waals surface area contributed by atoms with E-state index in [-0.39, 0.29) is 0 Å². The van der Waals surface area contributed by atoms with Gasteiger partial charge in [0.15, 0.2) is 0 Å². The van der Waals surface area contributed by atoms with Gasteiger partial charge in [-0.25, -0.2) is 0 Å². The molecule has 1 aliphatic rings. The molecule has 1 aromatic heterocycles. The Bertz CT molecular complexity index is 216. The summed E-state index contributed by atoms with van der Waals surface area (Å²) < 4.78 is 0. The molecule has 2 heterocycles. The van der Waals surface area contributed by atoms with Crippen LogP contribution in [-0.4, -0.2) is 23.0 Å². The van der Waals surface area contributed by atoms with Crippen molar-refractivity contribution < 1.29 is 0 Å². The second kappa shape index (κ2) is 3.01. The van der Waals surface area contributed by atoms with E-state index in [1.807, 2.05) is 12.1 Å². The maximum atomic E-state index is 4.23. The number of likely N-dealkylation sites (tertiary alicyclic amines) is 1. The third-order valence-electron chi connectivity index (χ3n) is 2.00. The molecule has 0 atom stereocenters. The summed E-state index contributed by atoms with van der Waals surface area (Å²) in [7, 11) is 0. The number of hydrogen-bond donors (Lipinski definition) is 0. The lowest BCUT2D eigenvalue weighted by Gasteiger charge is -2.30. The van der Waals surface area contributed by atoms with Crippen LogP contribution in [0.3, 0.4) is 0 Å². The van der Waals surface area contributed by atoms with E-state index in [9.17, 15) is 0 Å². The van der Waals surface area contributed by atoms with Gasteiger partial charge in [0, 0.05) is 12.7 Å². The fourth-order valence-electron chi connectivity index (χ4n) is 1.21. The number of rotatable bonds is 2. The molecule has 1 fully saturated rings. The normalized spacial score (nSPS) is 17.8. The lowest BCUT2D eigenvalue weighted by Crippen LogP contribution is -2.36. The first kappa shape index (κ1) is 6.80. The molecule has 0 amide bonds. The Hall–Kier alpha value is -0.890. The Kier molecular flexibility index (Phi) is 1.86. The molecule has 57 valence electrons. The van der Waals surface area contributed by atoms with Gasteiger partial charge in [-0.15, -0.1) is 0 Å². The Morgan fingerprint density at radius 2 is 2.45 bits per heavy atom. The first-order chi connectivity index (χ1) is 5.45. The molecule has 0 aliphatic carbocycles. The number of aromatic nitrogens is 1. The highest BCUT2D eigenvalue weighted by Gasteiger charge is 2.13. The molecule has 11 heavy (non-hydrogen) atoms. The quantitative estimate of drug-likeness (QED) is 0.622. The molecule has 1 aliphatic heterocycles. The largest absolute Gasteiger partial charge is 0.297 e. The van der Waals surface area contributed by atoms with E-state index in [1.165, 1.54) is 19.5 Å². The second-order valence-corrected chi connectivity index (χ2v) is 2.88. The van der Waals surface area contributed by atoms with Crippen molar-refractivity contribution in [3.8, 4) is 0 Å². The van der Waals surface area contributed by atoms with Gasteiger partial charge in [-0.05, 0) is 37.7 Å². The van der Waals surface area contributed by atoms with E-state index < -0.39 is 0 Å². The zero-order valence-electron chi connectivity index (χ0n) is 6.45. The summed E-state index contributed by atoms with van der Waals surface area (Å²) in [5.41, 5.74) is 1.13. The Labute approximate surface area is 66.9 Å². The second-order valence-electron chi connectivity index (χ2n) is 2.88. The van der Waals surface area contributed by atoms with E-state index in [4.69, 9.17) is 0 Å². The van der Waals surface area contributed by atoms with Crippen LogP contribution in [0.5, 0.6) is 0 Å². The van der Waals surface area contributed by atoms with Gasteiger partial charge in [-0.3, -0.25) is 9.88 Å². The lowest BCUT2D eigenvalue weighted by atomic mass is 10.2. The van der Waals surface area contributed by atoms with Crippen LogP contribution < -0.4 is 0 Å². The first-order valence-corrected chi connectivity index (χ1v) is 3.98. The molecule has 1 aromatic rings. The standard InChI is InChI=1S/C9H11N2/c1-2-5-10-9(4-1)8-11-6-3-7-11/h2,4-5H,3,6-8H2. The smallest absolute Gasteiger partial charge is 0.0550 e. The van der Waals surface area contributed by atoms with Gasteiger partial charge in [0.25, 0.3) is 0 Å². The highest BCUT2D eigenvalue weighted by atomic mass is 15.2. The van der Waals surface area contributed by atoms with Gasteiger partial charge in [-0.2, -0.15) is 0 Å². The van der Waals surface area contributed by atoms with Gasteiger partial charge in [0.1, 0.15) is 0 Å². The predicted molar refractivity (Wildman–Crippen MR) is 43.0 cm³/mol. The number of pyridine rings is 1. The highest BCUT2D eigenvalue weighted by Crippen LogP contribution is 2.09. The van der Waals surface area contributed by atoms with Crippen molar-refractivity contribution in [1.29, 1.82) is 0 Å². The van der Waals surface area contributed by atoms with Crippen LogP contribution >= 0.6 is 0 Å². The summed E-state index contributed by atoms with van der Waals surface area (Å²) in [6, 6.07) is 6.81. The summed E-state index contributed by atoms with van der Waals surface area (Å²) in [6.45, 7) is 3.46. The van der Waals surface area contributed by atoms with Crippen molar-refractivity contribution in [3.63, 3.8) is 0 Å². The van der Waals surface area contributed by atoms with E-state index in [2.05, 4.69) is 16.0 Å². The lowest BCUT2D eigenvalue weighted by molar-refractivity contribution is 0.170. The van der Waals surface area contributed by atoms with Crippen molar-refractivity contribution in [3.05, 3.63) is 30.1 Å². The third-order valence-corrected chi connectivity index (χ3v) is 2.00. The number of nitrogens with zero attached hydrogens (tertiary/aromatic N) is 2. The minimum absolute atomic E-state index is 0.997. The van der Waals surface area contributed by atoms with Crippen molar-refractivity contribution in [2.24, 2.45) is 0 Å². The molecule has 2 nitrogen and oxygen atoms in total. The maximum absolute atomic E-state index is 4.23. The Morgan fingerprint density at radius 1 is 1.55 bits per heavy atom. The van der Waals surface area contributed by atoms with Crippen LogP contribution in [0.1, 0.15) is 12.1 Å². The minimum atomic E-state index is 0.997. The topological polar surface area (TPSA) is 16.1 Å². The average Bonchev–Trinajstić information content (AvgIpc) is 1.99. The molecule has 0 N–H and O–H groups in total. The molecule has 2 heteroatoms. The number of hydrogen-bond acceptors (Lipinski definition) is 2. The summed E-state index contributed by atoms with van der Waals surface area (Å²) >= 11 is 0. The molecule has 0 spiro atoms. The summed E-state index contributed by atoms with van der Waals surface area (Å²) in [5.74, 6) is 0. The first-order valence-electron chi connectivity index (χ1n) is 3.98. The minimum Gasteiger partial charge on any atom is -0.297 e. The molecule has 0 unspecified atom stereocenters. The van der Waals surface area contributed by atoms with E-state index in [0.717, 1.165) is 12.2 Å². The van der Waals surface area contributed by atoms with Gasteiger partial charge in [0.2, 0.25) is 0 Å². The molecule has 2 rings (SSSR count). The molecular formula is C9H11N2. The van der Waals surface area contributed by atoms with Crippen LogP contribution in [0.4, 0.5) is 0 Å². The van der Waals surface area contributed by atoms with Crippen molar-refractivity contribution in [2.45, 2.75) is 13.0 Å². The zero-order chi connectivity index (χ0) is 7.52. The summed E-state index contributed by atoms with van der Waals surface area (Å²) in [5, 5.41) is 0. The van der Waals surface area contributed by atoms with E-state index in [1.54, 1.807) is 6.20 Å². The maximum Gasteiger partial charge on any atom is 0.0550 e. The van der Waals surface area contributed by atoms with Crippen LogP contribution in [0.15, 0.2) is 18.3 Å². The van der Waals surface area contributed by atoms with Gasteiger partial charge in [0.05, 0.1) is 5.69 Å². The summed E-state index contributed by atoms with van der Waals surface area (Å²) in [4.78, 5) is 6.61. The predicted octanol–water partition coefficient (Wildman–Crippen LogP) is 1.09. The average molecular weight is 147 g/mol. The van der Waals surface area contributed by atoms with Crippen LogP contribution in [0.25, 0.3) is 0 Å². The van der Waals surface area contributed by atoms with Crippen LogP contribution in [-0.2, 0) is 6.54 Å². The van der Waals surface area contributed by atoms with Crippen LogP contribution in [0.2, 0.25) is 0 Å². The summed E-state index contributed by atoms with van der Waals surface area (Å²) in [6.07, 6.45) is 3.14. The molecule has 0 aromatic carbocycles. The molecular weight excluding hydrogens is 136 g/mol. The third kappa shape index (κ3) is 1.57.